The minimum Gasteiger partial charge on any atom is -0.330 e. The summed E-state index contributed by atoms with van der Waals surface area (Å²) in [5.74, 6) is 0. The largest absolute Gasteiger partial charge is 0.330 e. The Bertz CT molecular complexity index is 531. The average Bonchev–Trinajstić information content (AvgIpc) is 2.61. The molecule has 0 unspecified atom stereocenters. The van der Waals surface area contributed by atoms with Gasteiger partial charge in [0.2, 0.25) is 0 Å². The fourth-order valence-corrected chi connectivity index (χ4v) is 2.27. The second-order valence-corrected chi connectivity index (χ2v) is 4.52. The van der Waals surface area contributed by atoms with Gasteiger partial charge in [-0.15, -0.1) is 0 Å². The molecule has 0 aliphatic carbocycles. The van der Waals surface area contributed by atoms with E-state index in [1.54, 1.807) is 0 Å². The topological polar surface area (TPSA) is 43.8 Å². The number of nitrogens with two attached hydrogens (primary N) is 1. The number of nitrogens with zero attached hydrogens (tertiary/aromatic N) is 2. The molecule has 2 N–H and O–H groups in total. The quantitative estimate of drug-likeness (QED) is 0.909. The molecule has 1 aromatic heterocycles. The van der Waals surface area contributed by atoms with Crippen molar-refractivity contribution in [1.82, 2.24) is 9.78 Å². The summed E-state index contributed by atoms with van der Waals surface area (Å²) in [7, 11) is 0. The van der Waals surface area contributed by atoms with Crippen molar-refractivity contribution >= 4 is 11.6 Å². The van der Waals surface area contributed by atoms with E-state index in [4.69, 9.17) is 17.3 Å². The Kier molecular flexibility index (Phi) is 3.50. The van der Waals surface area contributed by atoms with Crippen molar-refractivity contribution in [3.05, 3.63) is 46.2 Å². The van der Waals surface area contributed by atoms with Crippen molar-refractivity contribution in [3.63, 3.8) is 0 Å². The molecule has 0 aliphatic rings. The summed E-state index contributed by atoms with van der Waals surface area (Å²) < 4.78 is 1.92. The highest BCUT2D eigenvalue weighted by Gasteiger charge is 2.11. The zero-order chi connectivity index (χ0) is 12.4. The molecule has 0 fully saturated rings. The first kappa shape index (κ1) is 12.1. The van der Waals surface area contributed by atoms with Crippen molar-refractivity contribution in [1.29, 1.82) is 0 Å². The zero-order valence-electron chi connectivity index (χ0n) is 10.1. The first-order valence-corrected chi connectivity index (χ1v) is 6.02. The Morgan fingerprint density at radius 1 is 1.35 bits per heavy atom. The Morgan fingerprint density at radius 3 is 2.71 bits per heavy atom. The summed E-state index contributed by atoms with van der Waals surface area (Å²) >= 11 is 6.22. The molecular weight excluding hydrogens is 234 g/mol. The van der Waals surface area contributed by atoms with Crippen LogP contribution in [-0.2, 0) is 6.42 Å². The number of rotatable bonds is 3. The highest BCUT2D eigenvalue weighted by atomic mass is 35.5. The van der Waals surface area contributed by atoms with Gasteiger partial charge in [0, 0.05) is 10.7 Å². The maximum Gasteiger partial charge on any atom is 0.0696 e. The lowest BCUT2D eigenvalue weighted by atomic mass is 10.1. The molecule has 90 valence electrons. The van der Waals surface area contributed by atoms with Gasteiger partial charge in [0.15, 0.2) is 0 Å². The third-order valence-corrected chi connectivity index (χ3v) is 3.08. The van der Waals surface area contributed by atoms with Gasteiger partial charge in [-0.1, -0.05) is 17.7 Å². The van der Waals surface area contributed by atoms with Crippen LogP contribution in [0, 0.1) is 13.8 Å². The normalized spacial score (nSPS) is 10.8. The molecule has 0 spiro atoms. The molecule has 0 saturated heterocycles. The summed E-state index contributed by atoms with van der Waals surface area (Å²) in [5.41, 5.74) is 9.81. The van der Waals surface area contributed by atoms with Gasteiger partial charge in [0.1, 0.15) is 0 Å². The maximum absolute atomic E-state index is 6.22. The van der Waals surface area contributed by atoms with Crippen LogP contribution in [0.2, 0.25) is 5.02 Å². The van der Waals surface area contributed by atoms with Gasteiger partial charge < -0.3 is 5.73 Å². The van der Waals surface area contributed by atoms with E-state index in [2.05, 4.69) is 5.10 Å². The standard InChI is InChI=1S/C13H16ClN3/c1-9-8-10(2)17(16-9)13-5-3-4-12(14)11(13)6-7-15/h3-5,8H,6-7,15H2,1-2H3. The van der Waals surface area contributed by atoms with Gasteiger partial charge in [0.25, 0.3) is 0 Å². The minimum absolute atomic E-state index is 0.579. The fraction of sp³-hybridized carbons (Fsp3) is 0.308. The van der Waals surface area contributed by atoms with Gasteiger partial charge in [-0.3, -0.25) is 0 Å². The summed E-state index contributed by atoms with van der Waals surface area (Å²) in [5, 5.41) is 5.23. The molecular formula is C13H16ClN3. The summed E-state index contributed by atoms with van der Waals surface area (Å²) in [4.78, 5) is 0. The van der Waals surface area contributed by atoms with Crippen molar-refractivity contribution < 1.29 is 0 Å². The highest BCUT2D eigenvalue weighted by molar-refractivity contribution is 6.31. The lowest BCUT2D eigenvalue weighted by Crippen LogP contribution is -2.09. The Labute approximate surface area is 106 Å². The average molecular weight is 250 g/mol. The third kappa shape index (κ3) is 2.35. The number of benzene rings is 1. The van der Waals surface area contributed by atoms with E-state index in [0.717, 1.165) is 34.1 Å². The van der Waals surface area contributed by atoms with Gasteiger partial charge in [-0.2, -0.15) is 5.10 Å². The van der Waals surface area contributed by atoms with E-state index < -0.39 is 0 Å². The monoisotopic (exact) mass is 249 g/mol. The van der Waals surface area contributed by atoms with E-state index in [0.29, 0.717) is 6.54 Å². The molecule has 2 rings (SSSR count). The molecule has 4 heteroatoms. The van der Waals surface area contributed by atoms with E-state index in [9.17, 15) is 0 Å². The van der Waals surface area contributed by atoms with Crippen LogP contribution >= 0.6 is 11.6 Å². The first-order valence-electron chi connectivity index (χ1n) is 5.64. The number of aromatic nitrogens is 2. The van der Waals surface area contributed by atoms with Gasteiger partial charge in [-0.25, -0.2) is 4.68 Å². The second-order valence-electron chi connectivity index (χ2n) is 4.12. The van der Waals surface area contributed by atoms with Crippen LogP contribution < -0.4 is 5.73 Å². The molecule has 2 aromatic rings. The van der Waals surface area contributed by atoms with Gasteiger partial charge in [-0.05, 0) is 50.6 Å². The lowest BCUT2D eigenvalue weighted by molar-refractivity contribution is 0.814. The van der Waals surface area contributed by atoms with Crippen molar-refractivity contribution in [2.24, 2.45) is 5.73 Å². The fourth-order valence-electron chi connectivity index (χ4n) is 2.01. The number of hydrogen-bond donors (Lipinski definition) is 1. The molecule has 1 aromatic carbocycles. The SMILES string of the molecule is Cc1cc(C)n(-c2cccc(Cl)c2CCN)n1. The van der Waals surface area contributed by atoms with Crippen LogP contribution in [-0.4, -0.2) is 16.3 Å². The Morgan fingerprint density at radius 2 is 2.12 bits per heavy atom. The van der Waals surface area contributed by atoms with Crippen LogP contribution in [0.1, 0.15) is 17.0 Å². The summed E-state index contributed by atoms with van der Waals surface area (Å²) in [6.07, 6.45) is 0.757. The van der Waals surface area contributed by atoms with Crippen LogP contribution in [0.5, 0.6) is 0 Å². The van der Waals surface area contributed by atoms with Crippen LogP contribution in [0.15, 0.2) is 24.3 Å². The first-order chi connectivity index (χ1) is 8.13. The summed E-state index contributed by atoms with van der Waals surface area (Å²) in [6, 6.07) is 7.90. The maximum atomic E-state index is 6.22. The van der Waals surface area contributed by atoms with E-state index in [1.165, 1.54) is 0 Å². The van der Waals surface area contributed by atoms with Crippen LogP contribution in [0.4, 0.5) is 0 Å². The molecule has 0 aliphatic heterocycles. The number of halogens is 1. The van der Waals surface area contributed by atoms with Crippen LogP contribution in [0.25, 0.3) is 5.69 Å². The molecule has 0 radical (unpaired) electrons. The van der Waals surface area contributed by atoms with Crippen molar-refractivity contribution in [3.8, 4) is 5.69 Å². The van der Waals surface area contributed by atoms with Crippen molar-refractivity contribution in [2.45, 2.75) is 20.3 Å². The molecule has 1 heterocycles. The molecule has 0 bridgehead atoms. The van der Waals surface area contributed by atoms with Crippen molar-refractivity contribution in [2.75, 3.05) is 6.54 Å². The number of aryl methyl sites for hydroxylation is 2. The summed E-state index contributed by atoms with van der Waals surface area (Å²) in [6.45, 7) is 4.60. The second kappa shape index (κ2) is 4.90. The Balaban J connectivity index is 2.58. The number of hydrogen-bond acceptors (Lipinski definition) is 2. The molecule has 0 atom stereocenters. The predicted octanol–water partition coefficient (Wildman–Crippen LogP) is 2.64. The van der Waals surface area contributed by atoms with Gasteiger partial charge >= 0.3 is 0 Å². The van der Waals surface area contributed by atoms with Gasteiger partial charge in [0.05, 0.1) is 11.4 Å². The van der Waals surface area contributed by atoms with Crippen LogP contribution in [0.3, 0.4) is 0 Å². The third-order valence-electron chi connectivity index (χ3n) is 2.73. The highest BCUT2D eigenvalue weighted by Crippen LogP contribution is 2.24. The molecule has 0 saturated carbocycles. The minimum atomic E-state index is 0.579. The van der Waals surface area contributed by atoms with E-state index in [-0.39, 0.29) is 0 Å². The Hall–Kier alpha value is -1.32. The smallest absolute Gasteiger partial charge is 0.0696 e. The van der Waals surface area contributed by atoms with E-state index >= 15 is 0 Å². The molecule has 3 nitrogen and oxygen atoms in total. The molecule has 0 amide bonds. The predicted molar refractivity (Wildman–Crippen MR) is 70.8 cm³/mol. The van der Waals surface area contributed by atoms with E-state index in [1.807, 2.05) is 42.8 Å². The zero-order valence-corrected chi connectivity index (χ0v) is 10.8. The lowest BCUT2D eigenvalue weighted by Gasteiger charge is -2.12. The molecule has 17 heavy (non-hydrogen) atoms.